The van der Waals surface area contributed by atoms with E-state index in [2.05, 4.69) is 0 Å². The highest BCUT2D eigenvalue weighted by Gasteiger charge is 2.41. The van der Waals surface area contributed by atoms with E-state index in [4.69, 9.17) is 26.7 Å². The summed E-state index contributed by atoms with van der Waals surface area (Å²) in [5, 5.41) is -4.46. The Balaban J connectivity index is 1.34. The van der Waals surface area contributed by atoms with Gasteiger partial charge in [0, 0.05) is 22.4 Å². The number of benzene rings is 7. The summed E-state index contributed by atoms with van der Waals surface area (Å²) >= 11 is 0. The lowest BCUT2D eigenvalue weighted by atomic mass is 9.69. The van der Waals surface area contributed by atoms with Crippen molar-refractivity contribution in [2.75, 3.05) is 0 Å². The number of hydrogen-bond donors (Lipinski definition) is 0. The minimum Gasteiger partial charge on any atom is -0.489 e. The van der Waals surface area contributed by atoms with Gasteiger partial charge < -0.3 is 4.74 Å². The SMILES string of the molecule is [2H]c1c([2H])c([2H])c(-c2c3c([2H])c([2H])c([2H])c([2H])c3c(-c3c([2H])c([2H])c(-c4c([2H])c([2H])c5c(c4[2H])OC4C([2H])C(C6C([2H])C([2H])C([2H])C([2H])C6[2H])C([2H])C([2H])C54)c4c([2H])c([2H])c([2H])c([2H])c34)c3c([2H])c([2H])c([2H])c([2H])c23)c([2H])c1[2H]. The van der Waals surface area contributed by atoms with Gasteiger partial charge in [0.2, 0.25) is 0 Å². The van der Waals surface area contributed by atoms with Gasteiger partial charge in [-0.1, -0.05) is 159 Å². The molecule has 1 aliphatic heterocycles. The molecule has 2 fully saturated rings. The molecule has 0 amide bonds. The van der Waals surface area contributed by atoms with Crippen LogP contribution in [0.15, 0.2) is 133 Å². The standard InChI is InChI=1S/C48H42O/c1-3-13-31(14-4-1)33-23-25-38-39-26-24-34(30-46(39)49-45(38)29-33)35-27-28-44(37-18-8-7-17-36(35)37)48-42-21-11-9-19-40(42)47(32-15-5-2-6-16-32)41-20-10-12-22-43(41)48/h2,5-12,15-22,24,26-28,30-31,33,38,45H,1,3-4,13-14,23,25,29H2/i1D,2D,3D,4D,5D,6D,7D,8D,9D,10D,11D,12D,13D,14D,15D,16D,17D,18D,19D,20D,21D,22D,23D,24D,25D,26D,27D,28D,29D,30D. The average molecular weight is 665 g/mol. The van der Waals surface area contributed by atoms with Gasteiger partial charge in [0.15, 0.2) is 0 Å². The second-order valence-electron chi connectivity index (χ2n) is 11.8. The van der Waals surface area contributed by atoms with Crippen molar-refractivity contribution < 1.29 is 45.9 Å². The fraction of sp³-hybridized carbons (Fsp3) is 0.250. The van der Waals surface area contributed by atoms with Crippen molar-refractivity contribution in [2.24, 2.45) is 11.8 Å². The summed E-state index contributed by atoms with van der Waals surface area (Å²) in [5.74, 6) is -4.61. The van der Waals surface area contributed by atoms with Gasteiger partial charge in [0.05, 0.1) is 30.2 Å². The molecule has 0 bridgehead atoms. The molecule has 0 spiro atoms. The Morgan fingerprint density at radius 3 is 1.78 bits per heavy atom. The van der Waals surface area contributed by atoms with E-state index in [1.807, 2.05) is 0 Å². The van der Waals surface area contributed by atoms with Gasteiger partial charge in [0.25, 0.3) is 0 Å². The highest BCUT2D eigenvalue weighted by Crippen LogP contribution is 2.52. The quantitative estimate of drug-likeness (QED) is 0.170. The normalized spacial score (nSPS) is 42.4. The smallest absolute Gasteiger partial charge is 0.123 e. The minimum absolute atomic E-state index is 0.283. The van der Waals surface area contributed by atoms with Gasteiger partial charge >= 0.3 is 0 Å². The number of hydrogen-bond acceptors (Lipinski definition) is 1. The molecule has 0 N–H and O–H groups in total. The van der Waals surface area contributed by atoms with E-state index in [0.717, 1.165) is 0 Å². The monoisotopic (exact) mass is 665 g/mol. The minimum atomic E-state index is -1.62. The molecule has 2 saturated carbocycles. The first-order valence-corrected chi connectivity index (χ1v) is 15.6. The third-order valence-corrected chi connectivity index (χ3v) is 9.16. The van der Waals surface area contributed by atoms with Crippen LogP contribution >= 0.6 is 0 Å². The Kier molecular flexibility index (Phi) is 2.89. The summed E-state index contributed by atoms with van der Waals surface area (Å²) in [6, 6.07) is -21.3. The van der Waals surface area contributed by atoms with Gasteiger partial charge in [-0.25, -0.2) is 0 Å². The third kappa shape index (κ3) is 4.81. The van der Waals surface area contributed by atoms with Gasteiger partial charge in [-0.05, 0) is 103 Å². The van der Waals surface area contributed by atoms with E-state index in [0.29, 0.717) is 0 Å². The summed E-state index contributed by atoms with van der Waals surface area (Å²) < 4.78 is 279. The van der Waals surface area contributed by atoms with E-state index < -0.39 is 279 Å². The first-order valence-electron chi connectivity index (χ1n) is 31.2. The molecule has 1 heterocycles. The number of rotatable bonds is 4. The van der Waals surface area contributed by atoms with Gasteiger partial charge in [-0.2, -0.15) is 0 Å². The number of fused-ring (bicyclic) bond motifs is 6. The summed E-state index contributed by atoms with van der Waals surface area (Å²) in [6.45, 7) is 0. The molecule has 10 rings (SSSR count). The van der Waals surface area contributed by atoms with E-state index in [1.165, 1.54) is 0 Å². The Morgan fingerprint density at radius 2 is 1.08 bits per heavy atom. The highest BCUT2D eigenvalue weighted by molar-refractivity contribution is 6.24. The largest absolute Gasteiger partial charge is 0.489 e. The van der Waals surface area contributed by atoms with Crippen molar-refractivity contribution in [3.05, 3.63) is 138 Å². The molecule has 49 heavy (non-hydrogen) atoms. The van der Waals surface area contributed by atoms with Crippen LogP contribution in [0.5, 0.6) is 5.75 Å². The summed E-state index contributed by atoms with van der Waals surface area (Å²) in [6.07, 6.45) is -13.8. The summed E-state index contributed by atoms with van der Waals surface area (Å²) in [7, 11) is 0. The molecule has 3 aliphatic rings. The van der Waals surface area contributed by atoms with E-state index in [-0.39, 0.29) is 5.56 Å². The zero-order valence-electron chi connectivity index (χ0n) is 55.3. The molecule has 10 unspecified atom stereocenters. The fourth-order valence-electron chi connectivity index (χ4n) is 6.96. The van der Waals surface area contributed by atoms with Gasteiger partial charge in [0.1, 0.15) is 11.9 Å². The van der Waals surface area contributed by atoms with E-state index >= 15 is 0 Å². The van der Waals surface area contributed by atoms with Crippen molar-refractivity contribution in [3.8, 4) is 39.1 Å². The first kappa shape index (κ1) is 11.9. The predicted molar refractivity (Wildman–Crippen MR) is 206 cm³/mol. The third-order valence-electron chi connectivity index (χ3n) is 9.16. The van der Waals surface area contributed by atoms with E-state index in [1.54, 1.807) is 0 Å². The Bertz CT molecular complexity index is 3770. The van der Waals surface area contributed by atoms with Crippen LogP contribution in [0.3, 0.4) is 0 Å². The van der Waals surface area contributed by atoms with Crippen LogP contribution in [0.4, 0.5) is 0 Å². The van der Waals surface area contributed by atoms with Crippen LogP contribution in [-0.2, 0) is 0 Å². The van der Waals surface area contributed by atoms with Crippen LogP contribution in [-0.4, -0.2) is 6.10 Å². The van der Waals surface area contributed by atoms with Crippen molar-refractivity contribution in [3.63, 3.8) is 0 Å². The van der Waals surface area contributed by atoms with Crippen LogP contribution < -0.4 is 4.74 Å². The molecule has 10 atom stereocenters. The zero-order chi connectivity index (χ0) is 58.4. The maximum atomic E-state index is 9.91. The topological polar surface area (TPSA) is 9.23 Å². The molecule has 7 aromatic carbocycles. The van der Waals surface area contributed by atoms with Crippen molar-refractivity contribution in [1.29, 1.82) is 0 Å². The van der Waals surface area contributed by atoms with Crippen molar-refractivity contribution >= 4 is 32.3 Å². The molecule has 0 aromatic heterocycles. The van der Waals surface area contributed by atoms with Crippen molar-refractivity contribution in [1.82, 2.24) is 0 Å². The van der Waals surface area contributed by atoms with Crippen LogP contribution in [0.1, 0.15) is 104 Å². The van der Waals surface area contributed by atoms with Crippen molar-refractivity contribution in [2.45, 2.75) is 63.2 Å². The molecule has 1 heteroatoms. The average Bonchev–Trinajstić information content (AvgIpc) is 3.96. The molecule has 0 radical (unpaired) electrons. The van der Waals surface area contributed by atoms with Gasteiger partial charge in [-0.3, -0.25) is 0 Å². The highest BCUT2D eigenvalue weighted by atomic mass is 16.5. The molecule has 1 nitrogen and oxygen atoms in total. The molecule has 0 saturated heterocycles. The lowest BCUT2D eigenvalue weighted by molar-refractivity contribution is 0.0900. The maximum Gasteiger partial charge on any atom is 0.123 e. The van der Waals surface area contributed by atoms with Crippen LogP contribution in [0, 0.1) is 11.8 Å². The molecule has 240 valence electrons. The van der Waals surface area contributed by atoms with Crippen LogP contribution in [0.2, 0.25) is 0 Å². The number of ether oxygens (including phenoxy) is 1. The lowest BCUT2D eigenvalue weighted by Gasteiger charge is -2.37. The maximum absolute atomic E-state index is 9.91. The summed E-state index contributed by atoms with van der Waals surface area (Å²) in [5.41, 5.74) is -4.83. The molecule has 7 aromatic rings. The van der Waals surface area contributed by atoms with Crippen LogP contribution in [0.25, 0.3) is 65.7 Å². The second-order valence-corrected chi connectivity index (χ2v) is 11.8. The predicted octanol–water partition coefficient (Wildman–Crippen LogP) is 13.4. The van der Waals surface area contributed by atoms with E-state index in [9.17, 15) is 19.2 Å². The lowest BCUT2D eigenvalue weighted by Crippen LogP contribution is -2.32. The Labute approximate surface area is 331 Å². The molecular weight excluding hydrogens is 593 g/mol. The molecule has 2 aliphatic carbocycles. The molecular formula is C48H42O. The fourth-order valence-corrected chi connectivity index (χ4v) is 6.96. The second kappa shape index (κ2) is 11.9. The Morgan fingerprint density at radius 1 is 0.490 bits per heavy atom. The van der Waals surface area contributed by atoms with Gasteiger partial charge in [-0.15, -0.1) is 0 Å². The Hall–Kier alpha value is -4.88. The first-order chi connectivity index (χ1) is 36.8. The zero-order valence-corrected chi connectivity index (χ0v) is 25.3. The summed E-state index contributed by atoms with van der Waals surface area (Å²) in [4.78, 5) is 0.